The van der Waals surface area contributed by atoms with Gasteiger partial charge >= 0.3 is 0 Å². The zero-order valence-corrected chi connectivity index (χ0v) is 17.3. The fourth-order valence-electron chi connectivity index (χ4n) is 2.57. The summed E-state index contributed by atoms with van der Waals surface area (Å²) in [6.45, 7) is 3.86. The van der Waals surface area contributed by atoms with E-state index in [1.807, 2.05) is 32.0 Å². The molecule has 0 heterocycles. The summed E-state index contributed by atoms with van der Waals surface area (Å²) in [6, 6.07) is 12.7. The second-order valence-electron chi connectivity index (χ2n) is 6.48. The van der Waals surface area contributed by atoms with Crippen molar-refractivity contribution in [2.45, 2.75) is 26.7 Å². The lowest BCUT2D eigenvalue weighted by molar-refractivity contribution is -0.133. The molecule has 0 saturated carbocycles. The molecule has 5 nitrogen and oxygen atoms in total. The molecular formula is C21H23BrN2O3. The molecule has 0 unspecified atom stereocenters. The summed E-state index contributed by atoms with van der Waals surface area (Å²) in [4.78, 5) is 37.9. The van der Waals surface area contributed by atoms with Crippen molar-refractivity contribution in [2.75, 3.05) is 18.9 Å². The average Bonchev–Trinajstić information content (AvgIpc) is 2.63. The van der Waals surface area contributed by atoms with Crippen LogP contribution in [0.3, 0.4) is 0 Å². The van der Waals surface area contributed by atoms with Crippen LogP contribution in [0.15, 0.2) is 46.9 Å². The fourth-order valence-corrected chi connectivity index (χ4v) is 2.84. The van der Waals surface area contributed by atoms with Crippen molar-refractivity contribution in [1.29, 1.82) is 0 Å². The van der Waals surface area contributed by atoms with Gasteiger partial charge in [0.2, 0.25) is 11.8 Å². The van der Waals surface area contributed by atoms with Crippen molar-refractivity contribution in [2.24, 2.45) is 0 Å². The van der Waals surface area contributed by atoms with E-state index in [1.165, 1.54) is 4.90 Å². The zero-order valence-electron chi connectivity index (χ0n) is 15.7. The minimum atomic E-state index is -0.265. The first-order valence-corrected chi connectivity index (χ1v) is 9.46. The second-order valence-corrected chi connectivity index (χ2v) is 7.39. The number of aryl methyl sites for hydroxylation is 1. The molecule has 0 fully saturated rings. The van der Waals surface area contributed by atoms with Gasteiger partial charge in [-0.1, -0.05) is 40.2 Å². The summed E-state index contributed by atoms with van der Waals surface area (Å²) in [6.07, 6.45) is 0.186. The van der Waals surface area contributed by atoms with E-state index in [4.69, 9.17) is 0 Å². The first-order chi connectivity index (χ1) is 12.8. The predicted molar refractivity (Wildman–Crippen MR) is 110 cm³/mol. The number of hydrogen-bond acceptors (Lipinski definition) is 3. The van der Waals surface area contributed by atoms with Crippen LogP contribution in [-0.4, -0.2) is 36.1 Å². The number of hydrogen-bond donors (Lipinski definition) is 1. The maximum Gasteiger partial charge on any atom is 0.243 e. The molecule has 0 bridgehead atoms. The molecule has 142 valence electrons. The first-order valence-electron chi connectivity index (χ1n) is 8.66. The molecule has 0 aliphatic rings. The molecule has 1 N–H and O–H groups in total. The Bertz CT molecular complexity index is 847. The van der Waals surface area contributed by atoms with Gasteiger partial charge in [-0.15, -0.1) is 0 Å². The predicted octanol–water partition coefficient (Wildman–Crippen LogP) is 4.13. The number of nitrogens with zero attached hydrogens (tertiary/aromatic N) is 1. The molecule has 0 aliphatic carbocycles. The van der Waals surface area contributed by atoms with Gasteiger partial charge in [0.15, 0.2) is 5.78 Å². The number of nitrogens with one attached hydrogen (secondary N) is 1. The molecule has 6 heteroatoms. The summed E-state index contributed by atoms with van der Waals surface area (Å²) in [5.74, 6) is -0.598. The maximum absolute atomic E-state index is 12.2. The van der Waals surface area contributed by atoms with Gasteiger partial charge in [-0.25, -0.2) is 0 Å². The van der Waals surface area contributed by atoms with E-state index in [0.717, 1.165) is 21.3 Å². The molecular weight excluding hydrogens is 408 g/mol. The molecule has 2 aromatic carbocycles. The number of amides is 2. The lowest BCUT2D eigenvalue weighted by atomic mass is 10.1. The van der Waals surface area contributed by atoms with Gasteiger partial charge in [0.1, 0.15) is 0 Å². The number of benzene rings is 2. The number of Topliss-reactive ketones (excluding diaryl/α,β-unsaturated/α-hetero) is 1. The van der Waals surface area contributed by atoms with Crippen LogP contribution in [0, 0.1) is 13.8 Å². The van der Waals surface area contributed by atoms with Crippen molar-refractivity contribution in [3.63, 3.8) is 0 Å². The number of halogens is 1. The summed E-state index contributed by atoms with van der Waals surface area (Å²) in [7, 11) is 1.56. The van der Waals surface area contributed by atoms with Crippen molar-refractivity contribution in [3.05, 3.63) is 63.6 Å². The van der Waals surface area contributed by atoms with Crippen molar-refractivity contribution < 1.29 is 14.4 Å². The third-order valence-corrected chi connectivity index (χ3v) is 4.95. The van der Waals surface area contributed by atoms with Gasteiger partial charge in [-0.05, 0) is 43.2 Å². The molecule has 2 amide bonds. The van der Waals surface area contributed by atoms with Crippen LogP contribution < -0.4 is 5.32 Å². The number of likely N-dealkylation sites (N-methyl/N-ethyl adjacent to an activating group) is 1. The molecule has 0 aliphatic heterocycles. The van der Waals surface area contributed by atoms with E-state index in [1.54, 1.807) is 31.3 Å². The first kappa shape index (κ1) is 20.8. The highest BCUT2D eigenvalue weighted by Crippen LogP contribution is 2.18. The minimum absolute atomic E-state index is 0.0569. The minimum Gasteiger partial charge on any atom is -0.336 e. The summed E-state index contributed by atoms with van der Waals surface area (Å²) in [5, 5.41) is 2.83. The summed E-state index contributed by atoms with van der Waals surface area (Å²) < 4.78 is 0.893. The average molecular weight is 431 g/mol. The number of carbonyl (C=O) groups is 3. The Morgan fingerprint density at radius 3 is 2.33 bits per heavy atom. The number of anilines is 1. The molecule has 0 aromatic heterocycles. The van der Waals surface area contributed by atoms with Crippen LogP contribution >= 0.6 is 15.9 Å². The highest BCUT2D eigenvalue weighted by atomic mass is 79.9. The second kappa shape index (κ2) is 9.46. The molecule has 2 rings (SSSR count). The Morgan fingerprint density at radius 1 is 1.00 bits per heavy atom. The normalized spacial score (nSPS) is 10.4. The van der Waals surface area contributed by atoms with Crippen LogP contribution in [0.25, 0.3) is 0 Å². The van der Waals surface area contributed by atoms with E-state index in [9.17, 15) is 14.4 Å². The van der Waals surface area contributed by atoms with Gasteiger partial charge in [0.05, 0.1) is 6.54 Å². The molecule has 0 atom stereocenters. The van der Waals surface area contributed by atoms with Crippen LogP contribution in [0.5, 0.6) is 0 Å². The van der Waals surface area contributed by atoms with Gasteiger partial charge in [-0.2, -0.15) is 0 Å². The van der Waals surface area contributed by atoms with E-state index < -0.39 is 0 Å². The van der Waals surface area contributed by atoms with Gasteiger partial charge < -0.3 is 10.2 Å². The number of carbonyl (C=O) groups excluding carboxylic acids is 3. The Hall–Kier alpha value is -2.47. The number of rotatable bonds is 7. The maximum atomic E-state index is 12.2. The van der Waals surface area contributed by atoms with E-state index in [0.29, 0.717) is 5.56 Å². The van der Waals surface area contributed by atoms with E-state index in [-0.39, 0.29) is 37.0 Å². The summed E-state index contributed by atoms with van der Waals surface area (Å²) >= 11 is 3.32. The Balaban J connectivity index is 1.84. The van der Waals surface area contributed by atoms with Crippen LogP contribution in [0.2, 0.25) is 0 Å². The van der Waals surface area contributed by atoms with E-state index >= 15 is 0 Å². The number of ketones is 1. The lowest BCUT2D eigenvalue weighted by Crippen LogP contribution is -2.35. The monoisotopic (exact) mass is 430 g/mol. The zero-order chi connectivity index (χ0) is 20.0. The van der Waals surface area contributed by atoms with Crippen LogP contribution in [-0.2, 0) is 9.59 Å². The molecule has 0 radical (unpaired) electrons. The van der Waals surface area contributed by atoms with E-state index in [2.05, 4.69) is 21.2 Å². The molecule has 27 heavy (non-hydrogen) atoms. The molecule has 2 aromatic rings. The Morgan fingerprint density at radius 2 is 1.67 bits per heavy atom. The van der Waals surface area contributed by atoms with Crippen molar-refractivity contribution >= 4 is 39.2 Å². The van der Waals surface area contributed by atoms with Gasteiger partial charge in [0, 0.05) is 35.6 Å². The SMILES string of the molecule is Cc1cccc(NC(=O)CN(C)C(=O)CCC(=O)c2ccc(Br)cc2)c1C. The third kappa shape index (κ3) is 6.03. The highest BCUT2D eigenvalue weighted by molar-refractivity contribution is 9.10. The highest BCUT2D eigenvalue weighted by Gasteiger charge is 2.16. The van der Waals surface area contributed by atoms with Gasteiger partial charge in [0.25, 0.3) is 0 Å². The quantitative estimate of drug-likeness (QED) is 0.671. The Kier molecular flexibility index (Phi) is 7.30. The summed E-state index contributed by atoms with van der Waals surface area (Å²) in [5.41, 5.74) is 3.40. The largest absolute Gasteiger partial charge is 0.336 e. The fraction of sp³-hybridized carbons (Fsp3) is 0.286. The van der Waals surface area contributed by atoms with Crippen molar-refractivity contribution in [1.82, 2.24) is 4.90 Å². The van der Waals surface area contributed by atoms with Crippen molar-refractivity contribution in [3.8, 4) is 0 Å². The smallest absolute Gasteiger partial charge is 0.243 e. The molecule has 0 spiro atoms. The molecule has 0 saturated heterocycles. The lowest BCUT2D eigenvalue weighted by Gasteiger charge is -2.17. The standard InChI is InChI=1S/C21H23BrN2O3/c1-14-5-4-6-18(15(14)2)23-20(26)13-24(3)21(27)12-11-19(25)16-7-9-17(22)10-8-16/h4-10H,11-13H2,1-3H3,(H,23,26). The van der Waals surface area contributed by atoms with Crippen LogP contribution in [0.4, 0.5) is 5.69 Å². The van der Waals surface area contributed by atoms with Gasteiger partial charge in [-0.3, -0.25) is 14.4 Å². The third-order valence-electron chi connectivity index (χ3n) is 4.42. The topological polar surface area (TPSA) is 66.5 Å². The Labute approximate surface area is 167 Å². The van der Waals surface area contributed by atoms with Crippen LogP contribution in [0.1, 0.15) is 34.3 Å².